The summed E-state index contributed by atoms with van der Waals surface area (Å²) in [4.78, 5) is 10.1. The molecule has 20 heavy (non-hydrogen) atoms. The topological polar surface area (TPSA) is 139 Å². The lowest BCUT2D eigenvalue weighted by Crippen LogP contribution is -2.04. The summed E-state index contributed by atoms with van der Waals surface area (Å²) in [5, 5.41) is 42.5. The number of rotatable bonds is 4. The number of benzene rings is 1. The van der Waals surface area contributed by atoms with Crippen LogP contribution in [0.3, 0.4) is 0 Å². The van der Waals surface area contributed by atoms with Crippen molar-refractivity contribution in [3.05, 3.63) is 39.6 Å². The van der Waals surface area contributed by atoms with Crippen LogP contribution in [0.1, 0.15) is 0 Å². The molecule has 1 rings (SSSR count). The molecule has 8 heteroatoms. The Balaban J connectivity index is 3.34. The Morgan fingerprint density at radius 3 is 2.30 bits per heavy atom. The van der Waals surface area contributed by atoms with E-state index in [-0.39, 0.29) is 17.1 Å². The van der Waals surface area contributed by atoms with E-state index >= 15 is 0 Å². The standard InChI is InChI=1S/C12H8N6O2/c1-16-10-3-2-9(18(19)20)4-11(10)17-12(7-15)8(5-13)6-14/h2-4,16-17H,1H3. The second-order valence-electron chi connectivity index (χ2n) is 3.45. The van der Waals surface area contributed by atoms with Gasteiger partial charge in [0.2, 0.25) is 0 Å². The van der Waals surface area contributed by atoms with E-state index in [1.807, 2.05) is 0 Å². The largest absolute Gasteiger partial charge is 0.386 e. The highest BCUT2D eigenvalue weighted by molar-refractivity contribution is 5.75. The Morgan fingerprint density at radius 2 is 1.85 bits per heavy atom. The third kappa shape index (κ3) is 3.00. The lowest BCUT2D eigenvalue weighted by atomic mass is 10.2. The molecule has 0 saturated carbocycles. The minimum absolute atomic E-state index is 0.181. The zero-order chi connectivity index (χ0) is 15.1. The number of nitro benzene ring substituents is 1. The van der Waals surface area contributed by atoms with Gasteiger partial charge in [-0.3, -0.25) is 10.1 Å². The molecule has 0 aromatic heterocycles. The number of non-ortho nitro benzene ring substituents is 1. The molecule has 0 amide bonds. The molecule has 0 aliphatic carbocycles. The molecular weight excluding hydrogens is 260 g/mol. The summed E-state index contributed by atoms with van der Waals surface area (Å²) in [5.41, 5.74) is -0.146. The minimum Gasteiger partial charge on any atom is -0.386 e. The molecule has 0 unspecified atom stereocenters. The molecule has 0 aliphatic heterocycles. The summed E-state index contributed by atoms with van der Waals surface area (Å²) in [6.07, 6.45) is 0. The van der Waals surface area contributed by atoms with Gasteiger partial charge in [0.25, 0.3) is 5.69 Å². The van der Waals surface area contributed by atoms with Crippen LogP contribution in [0.5, 0.6) is 0 Å². The number of nitrogens with one attached hydrogen (secondary N) is 2. The Morgan fingerprint density at radius 1 is 1.20 bits per heavy atom. The van der Waals surface area contributed by atoms with Crippen molar-refractivity contribution >= 4 is 17.1 Å². The molecule has 0 fully saturated rings. The second kappa shape index (κ2) is 6.39. The first kappa shape index (κ1) is 14.5. The van der Waals surface area contributed by atoms with Gasteiger partial charge in [-0.15, -0.1) is 0 Å². The summed E-state index contributed by atoms with van der Waals surface area (Å²) in [5.74, 6) is 0. The molecule has 1 aromatic carbocycles. The molecule has 0 spiro atoms. The van der Waals surface area contributed by atoms with Gasteiger partial charge in [0.1, 0.15) is 23.9 Å². The van der Waals surface area contributed by atoms with Gasteiger partial charge in [0.15, 0.2) is 5.57 Å². The zero-order valence-corrected chi connectivity index (χ0v) is 10.3. The first-order chi connectivity index (χ1) is 9.57. The smallest absolute Gasteiger partial charge is 0.271 e. The zero-order valence-electron chi connectivity index (χ0n) is 10.3. The lowest BCUT2D eigenvalue weighted by Gasteiger charge is -2.10. The molecular formula is C12H8N6O2. The number of hydrogen-bond acceptors (Lipinski definition) is 7. The second-order valence-corrected chi connectivity index (χ2v) is 3.45. The Labute approximate surface area is 114 Å². The quantitative estimate of drug-likeness (QED) is 0.482. The van der Waals surface area contributed by atoms with Gasteiger partial charge in [-0.05, 0) is 6.07 Å². The van der Waals surface area contributed by atoms with Crippen LogP contribution in [0.25, 0.3) is 0 Å². The molecule has 0 radical (unpaired) electrons. The summed E-state index contributed by atoms with van der Waals surface area (Å²) >= 11 is 0. The normalized spacial score (nSPS) is 8.50. The van der Waals surface area contributed by atoms with Gasteiger partial charge in [0, 0.05) is 19.2 Å². The number of nitriles is 3. The monoisotopic (exact) mass is 268 g/mol. The van der Waals surface area contributed by atoms with E-state index < -0.39 is 10.5 Å². The predicted molar refractivity (Wildman–Crippen MR) is 70.1 cm³/mol. The number of hydrogen-bond donors (Lipinski definition) is 2. The Kier molecular flexibility index (Phi) is 4.63. The van der Waals surface area contributed by atoms with E-state index in [0.29, 0.717) is 5.69 Å². The van der Waals surface area contributed by atoms with Crippen LogP contribution in [0.4, 0.5) is 17.1 Å². The van der Waals surface area contributed by atoms with Crippen molar-refractivity contribution in [1.82, 2.24) is 0 Å². The maximum Gasteiger partial charge on any atom is 0.271 e. The highest BCUT2D eigenvalue weighted by Gasteiger charge is 2.13. The fourth-order valence-electron chi connectivity index (χ4n) is 1.39. The van der Waals surface area contributed by atoms with Gasteiger partial charge < -0.3 is 10.6 Å². The molecule has 98 valence electrons. The van der Waals surface area contributed by atoms with Crippen LogP contribution in [-0.2, 0) is 0 Å². The average molecular weight is 268 g/mol. The van der Waals surface area contributed by atoms with E-state index in [0.717, 1.165) is 0 Å². The summed E-state index contributed by atoms with van der Waals surface area (Å²) in [6.45, 7) is 0. The number of nitrogens with zero attached hydrogens (tertiary/aromatic N) is 4. The predicted octanol–water partition coefficient (Wildman–Crippen LogP) is 1.87. The molecule has 2 N–H and O–H groups in total. The molecule has 0 bridgehead atoms. The molecule has 0 heterocycles. The van der Waals surface area contributed by atoms with E-state index in [4.69, 9.17) is 15.8 Å². The first-order valence-electron chi connectivity index (χ1n) is 5.25. The SMILES string of the molecule is CNc1ccc([N+](=O)[O-])cc1NC(C#N)=C(C#N)C#N. The highest BCUT2D eigenvalue weighted by Crippen LogP contribution is 2.28. The first-order valence-corrected chi connectivity index (χ1v) is 5.25. The van der Waals surface area contributed by atoms with Crippen LogP contribution in [0.2, 0.25) is 0 Å². The maximum atomic E-state index is 10.7. The minimum atomic E-state index is -0.587. The van der Waals surface area contributed by atoms with Crippen molar-refractivity contribution in [2.75, 3.05) is 17.7 Å². The van der Waals surface area contributed by atoms with Crippen molar-refractivity contribution in [2.24, 2.45) is 0 Å². The molecule has 0 saturated heterocycles. The fourth-order valence-corrected chi connectivity index (χ4v) is 1.39. The van der Waals surface area contributed by atoms with Crippen LogP contribution < -0.4 is 10.6 Å². The molecule has 1 aromatic rings. The van der Waals surface area contributed by atoms with Crippen LogP contribution in [0.15, 0.2) is 29.5 Å². The van der Waals surface area contributed by atoms with Crippen LogP contribution in [-0.4, -0.2) is 12.0 Å². The van der Waals surface area contributed by atoms with Gasteiger partial charge >= 0.3 is 0 Å². The van der Waals surface area contributed by atoms with Crippen molar-refractivity contribution in [1.29, 1.82) is 15.8 Å². The van der Waals surface area contributed by atoms with Gasteiger partial charge in [0.05, 0.1) is 16.3 Å². The highest BCUT2D eigenvalue weighted by atomic mass is 16.6. The fraction of sp³-hybridized carbons (Fsp3) is 0.0833. The molecule has 8 nitrogen and oxygen atoms in total. The van der Waals surface area contributed by atoms with Crippen LogP contribution >= 0.6 is 0 Å². The average Bonchev–Trinajstić information content (AvgIpc) is 2.46. The van der Waals surface area contributed by atoms with E-state index in [9.17, 15) is 10.1 Å². The lowest BCUT2D eigenvalue weighted by molar-refractivity contribution is -0.384. The third-order valence-corrected chi connectivity index (χ3v) is 2.33. The van der Waals surface area contributed by atoms with Crippen molar-refractivity contribution < 1.29 is 4.92 Å². The van der Waals surface area contributed by atoms with Crippen molar-refractivity contribution in [3.63, 3.8) is 0 Å². The van der Waals surface area contributed by atoms with Crippen molar-refractivity contribution in [3.8, 4) is 18.2 Å². The maximum absolute atomic E-state index is 10.7. The van der Waals surface area contributed by atoms with E-state index in [1.54, 1.807) is 25.3 Å². The third-order valence-electron chi connectivity index (χ3n) is 2.33. The number of allylic oxidation sites excluding steroid dienone is 2. The van der Waals surface area contributed by atoms with Gasteiger partial charge in [-0.25, -0.2) is 0 Å². The summed E-state index contributed by atoms with van der Waals surface area (Å²) in [7, 11) is 1.59. The van der Waals surface area contributed by atoms with E-state index in [1.165, 1.54) is 18.2 Å². The Hall–Kier alpha value is -3.57. The Bertz CT molecular complexity index is 686. The van der Waals surface area contributed by atoms with E-state index in [2.05, 4.69) is 10.6 Å². The van der Waals surface area contributed by atoms with Gasteiger partial charge in [-0.2, -0.15) is 15.8 Å². The van der Waals surface area contributed by atoms with Gasteiger partial charge in [-0.1, -0.05) is 0 Å². The summed E-state index contributed by atoms with van der Waals surface area (Å²) < 4.78 is 0. The molecule has 0 aliphatic rings. The summed E-state index contributed by atoms with van der Waals surface area (Å²) in [6, 6.07) is 8.78. The number of nitro groups is 1. The number of anilines is 2. The van der Waals surface area contributed by atoms with Crippen LogP contribution in [0, 0.1) is 44.1 Å². The van der Waals surface area contributed by atoms with Crippen molar-refractivity contribution in [2.45, 2.75) is 0 Å². The molecule has 0 atom stereocenters.